The highest BCUT2D eigenvalue weighted by Crippen LogP contribution is 2.16. The number of hydrogen-bond acceptors (Lipinski definition) is 6. The lowest BCUT2D eigenvalue weighted by Crippen LogP contribution is -2.62. The van der Waals surface area contributed by atoms with Gasteiger partial charge < -0.3 is 24.3 Å². The summed E-state index contributed by atoms with van der Waals surface area (Å²) >= 11 is 0. The van der Waals surface area contributed by atoms with Gasteiger partial charge in [-0.15, -0.1) is 0 Å². The molecule has 1 fully saturated rings. The summed E-state index contributed by atoms with van der Waals surface area (Å²) in [7, 11) is 0. The summed E-state index contributed by atoms with van der Waals surface area (Å²) in [5, 5.41) is 11.4. The second kappa shape index (κ2) is 8.07. The molecule has 26 heavy (non-hydrogen) atoms. The molecule has 1 heterocycles. The van der Waals surface area contributed by atoms with E-state index >= 15 is 0 Å². The Kier molecular flexibility index (Phi) is 6.07. The fourth-order valence-electron chi connectivity index (χ4n) is 2.50. The summed E-state index contributed by atoms with van der Waals surface area (Å²) in [6, 6.07) is 7.85. The van der Waals surface area contributed by atoms with Crippen molar-refractivity contribution in [3.05, 3.63) is 35.9 Å². The van der Waals surface area contributed by atoms with Crippen LogP contribution in [0.15, 0.2) is 30.3 Å². The second-order valence-corrected chi connectivity index (χ2v) is 6.99. The number of aliphatic carboxylic acids is 1. The van der Waals surface area contributed by atoms with E-state index in [1.165, 1.54) is 4.90 Å². The van der Waals surface area contributed by atoms with Crippen LogP contribution in [0, 0.1) is 0 Å². The average molecular weight is 363 g/mol. The van der Waals surface area contributed by atoms with Crippen molar-refractivity contribution in [3.63, 3.8) is 0 Å². The zero-order valence-electron chi connectivity index (χ0n) is 15.1. The van der Waals surface area contributed by atoms with Crippen molar-refractivity contribution in [1.29, 1.82) is 0 Å². The minimum Gasteiger partial charge on any atom is -0.548 e. The Balaban J connectivity index is 1.96. The van der Waals surface area contributed by atoms with Gasteiger partial charge in [-0.1, -0.05) is 30.3 Å². The largest absolute Gasteiger partial charge is 0.548 e. The molecular formula is C18H23N2O6-. The smallest absolute Gasteiger partial charge is 0.410 e. The zero-order valence-corrected chi connectivity index (χ0v) is 15.1. The van der Waals surface area contributed by atoms with E-state index in [0.29, 0.717) is 0 Å². The van der Waals surface area contributed by atoms with Crippen molar-refractivity contribution in [2.45, 2.75) is 39.0 Å². The number of hydrogen-bond donors (Lipinski definition) is 0. The van der Waals surface area contributed by atoms with E-state index in [2.05, 4.69) is 0 Å². The molecule has 1 aromatic rings. The number of nitrogens with zero attached hydrogens (tertiary/aromatic N) is 2. The van der Waals surface area contributed by atoms with Crippen molar-refractivity contribution in [2.75, 3.05) is 19.6 Å². The van der Waals surface area contributed by atoms with Crippen LogP contribution in [0.3, 0.4) is 0 Å². The van der Waals surface area contributed by atoms with Gasteiger partial charge >= 0.3 is 12.2 Å². The number of benzene rings is 1. The molecule has 142 valence electrons. The van der Waals surface area contributed by atoms with E-state index in [0.717, 1.165) is 10.5 Å². The molecule has 8 nitrogen and oxygen atoms in total. The summed E-state index contributed by atoms with van der Waals surface area (Å²) in [5.41, 5.74) is 0.0731. The number of rotatable bonds is 3. The van der Waals surface area contributed by atoms with E-state index in [1.807, 2.05) is 30.3 Å². The Labute approximate surface area is 152 Å². The molecule has 1 aromatic carbocycles. The highest BCUT2D eigenvalue weighted by Gasteiger charge is 2.36. The van der Waals surface area contributed by atoms with Gasteiger partial charge in [-0.2, -0.15) is 0 Å². The molecule has 1 aliphatic heterocycles. The summed E-state index contributed by atoms with van der Waals surface area (Å²) in [6.07, 6.45) is -1.38. The number of piperazine rings is 1. The van der Waals surface area contributed by atoms with Gasteiger partial charge in [0.25, 0.3) is 0 Å². The fraction of sp³-hybridized carbons (Fsp3) is 0.500. The van der Waals surface area contributed by atoms with E-state index < -0.39 is 29.8 Å². The first-order valence-electron chi connectivity index (χ1n) is 8.33. The Bertz CT molecular complexity index is 655. The number of carboxylic acid groups (broad SMARTS) is 1. The summed E-state index contributed by atoms with van der Waals surface area (Å²) in [6.45, 7) is 5.12. The molecule has 2 amide bonds. The Hall–Kier alpha value is -2.77. The maximum absolute atomic E-state index is 12.2. The van der Waals surface area contributed by atoms with E-state index in [9.17, 15) is 19.5 Å². The van der Waals surface area contributed by atoms with Crippen LogP contribution >= 0.6 is 0 Å². The van der Waals surface area contributed by atoms with E-state index in [4.69, 9.17) is 9.47 Å². The number of amides is 2. The Morgan fingerprint density at radius 3 is 2.35 bits per heavy atom. The second-order valence-electron chi connectivity index (χ2n) is 6.99. The first-order chi connectivity index (χ1) is 12.2. The molecule has 0 N–H and O–H groups in total. The van der Waals surface area contributed by atoms with E-state index in [-0.39, 0.29) is 26.2 Å². The number of carbonyl (C=O) groups excluding carboxylic acids is 3. The van der Waals surface area contributed by atoms with Crippen molar-refractivity contribution >= 4 is 18.2 Å². The molecule has 0 saturated carbocycles. The van der Waals surface area contributed by atoms with Gasteiger partial charge in [-0.3, -0.25) is 4.90 Å². The topological polar surface area (TPSA) is 99.2 Å². The first-order valence-corrected chi connectivity index (χ1v) is 8.33. The summed E-state index contributed by atoms with van der Waals surface area (Å²) in [4.78, 5) is 38.2. The average Bonchev–Trinajstić information content (AvgIpc) is 2.58. The lowest BCUT2D eigenvalue weighted by molar-refractivity contribution is -0.312. The third kappa shape index (κ3) is 5.37. The molecule has 0 aliphatic carbocycles. The molecule has 2 rings (SSSR count). The van der Waals surface area contributed by atoms with Crippen LogP contribution in [0.2, 0.25) is 0 Å². The molecule has 1 saturated heterocycles. The van der Waals surface area contributed by atoms with Gasteiger partial charge in [0.2, 0.25) is 0 Å². The van der Waals surface area contributed by atoms with Gasteiger partial charge in [0, 0.05) is 13.1 Å². The van der Waals surface area contributed by atoms with E-state index in [1.54, 1.807) is 20.8 Å². The van der Waals surface area contributed by atoms with Crippen molar-refractivity contribution in [1.82, 2.24) is 9.80 Å². The minimum absolute atomic E-state index is 0.0218. The first kappa shape index (κ1) is 19.6. The molecule has 0 radical (unpaired) electrons. The Morgan fingerprint density at radius 2 is 1.77 bits per heavy atom. The fourth-order valence-corrected chi connectivity index (χ4v) is 2.50. The molecule has 1 atom stereocenters. The van der Waals surface area contributed by atoms with Crippen LogP contribution in [0.25, 0.3) is 0 Å². The third-order valence-electron chi connectivity index (χ3n) is 3.74. The van der Waals surface area contributed by atoms with Crippen LogP contribution in [0.4, 0.5) is 9.59 Å². The van der Waals surface area contributed by atoms with Gasteiger partial charge in [0.05, 0.1) is 18.6 Å². The van der Waals surface area contributed by atoms with Crippen molar-refractivity contribution in [2.24, 2.45) is 0 Å². The molecular weight excluding hydrogens is 340 g/mol. The lowest BCUT2D eigenvalue weighted by atomic mass is 10.1. The van der Waals surface area contributed by atoms with Gasteiger partial charge in [-0.05, 0) is 26.3 Å². The number of carboxylic acids is 1. The van der Waals surface area contributed by atoms with Gasteiger partial charge in [0.1, 0.15) is 12.2 Å². The third-order valence-corrected chi connectivity index (χ3v) is 3.74. The van der Waals surface area contributed by atoms with Crippen LogP contribution < -0.4 is 5.11 Å². The molecule has 0 unspecified atom stereocenters. The molecule has 8 heteroatoms. The van der Waals surface area contributed by atoms with Crippen molar-refractivity contribution in [3.8, 4) is 0 Å². The quantitative estimate of drug-likeness (QED) is 0.794. The Morgan fingerprint density at radius 1 is 1.12 bits per heavy atom. The van der Waals surface area contributed by atoms with Crippen LogP contribution in [-0.2, 0) is 20.9 Å². The highest BCUT2D eigenvalue weighted by atomic mass is 16.6. The summed E-state index contributed by atoms with van der Waals surface area (Å²) in [5.74, 6) is -1.45. The van der Waals surface area contributed by atoms with Crippen LogP contribution in [-0.4, -0.2) is 59.2 Å². The predicted molar refractivity (Wildman–Crippen MR) is 89.9 cm³/mol. The molecule has 1 aliphatic rings. The zero-order chi connectivity index (χ0) is 19.3. The monoisotopic (exact) mass is 363 g/mol. The molecule has 0 spiro atoms. The number of ether oxygens (including phenoxy) is 2. The normalized spacial score (nSPS) is 17.6. The molecule has 0 aromatic heterocycles. The van der Waals surface area contributed by atoms with Crippen LogP contribution in [0.1, 0.15) is 26.3 Å². The molecule has 0 bridgehead atoms. The minimum atomic E-state index is -1.45. The highest BCUT2D eigenvalue weighted by molar-refractivity contribution is 5.80. The SMILES string of the molecule is CC(C)(C)OC(=O)N1CCN(C(=O)OCc2ccccc2)C[C@@H]1C(=O)[O-]. The standard InChI is InChI=1S/C18H24N2O6/c1-18(2,3)26-17(24)20-10-9-19(11-14(20)15(21)22)16(23)25-12-13-7-5-4-6-8-13/h4-8,14H,9-12H2,1-3H3,(H,21,22)/p-1/t14-/m1/s1. The number of carbonyl (C=O) groups is 3. The maximum Gasteiger partial charge on any atom is 0.410 e. The van der Waals surface area contributed by atoms with Crippen molar-refractivity contribution < 1.29 is 29.0 Å². The van der Waals surface area contributed by atoms with Gasteiger partial charge in [-0.25, -0.2) is 9.59 Å². The lowest BCUT2D eigenvalue weighted by Gasteiger charge is -2.41. The van der Waals surface area contributed by atoms with Gasteiger partial charge in [0.15, 0.2) is 0 Å². The maximum atomic E-state index is 12.2. The van der Waals surface area contributed by atoms with Crippen LogP contribution in [0.5, 0.6) is 0 Å². The predicted octanol–water partition coefficient (Wildman–Crippen LogP) is 0.994. The summed E-state index contributed by atoms with van der Waals surface area (Å²) < 4.78 is 10.4.